The number of hydrogen-bond acceptors (Lipinski definition) is 3. The van der Waals surface area contributed by atoms with Crippen LogP contribution in [0.4, 0.5) is 0 Å². The molecular weight excluding hydrogens is 238 g/mol. The van der Waals surface area contributed by atoms with Crippen LogP contribution in [0, 0.1) is 0 Å². The Kier molecular flexibility index (Phi) is 6.78. The zero-order chi connectivity index (χ0) is 14.3. The van der Waals surface area contributed by atoms with Crippen LogP contribution in [-0.4, -0.2) is 16.3 Å². The molecule has 0 radical (unpaired) electrons. The molecule has 0 atom stereocenters. The Labute approximate surface area is 116 Å². The Hall–Kier alpha value is -1.16. The molecule has 4 nitrogen and oxygen atoms in total. The van der Waals surface area contributed by atoms with E-state index in [2.05, 4.69) is 38.1 Å². The summed E-state index contributed by atoms with van der Waals surface area (Å²) in [5.41, 5.74) is 1.89. The third-order valence-electron chi connectivity index (χ3n) is 3.12. The number of nitrogens with zero attached hydrogens (tertiary/aromatic N) is 2. The van der Waals surface area contributed by atoms with E-state index in [0.717, 1.165) is 30.6 Å². The molecule has 1 aromatic rings. The van der Waals surface area contributed by atoms with Crippen LogP contribution in [0.2, 0.25) is 0 Å². The minimum absolute atomic E-state index is 0.0512. The van der Waals surface area contributed by atoms with Crippen LogP contribution in [-0.2, 0) is 13.1 Å². The molecule has 0 aromatic carbocycles. The smallest absolute Gasteiger partial charge is 0.271 e. The van der Waals surface area contributed by atoms with Crippen LogP contribution in [0.15, 0.2) is 10.9 Å². The molecule has 0 spiro atoms. The molecule has 1 rings (SSSR count). The van der Waals surface area contributed by atoms with Gasteiger partial charge in [0.15, 0.2) is 0 Å². The summed E-state index contributed by atoms with van der Waals surface area (Å²) in [6.07, 6.45) is 3.24. The summed E-state index contributed by atoms with van der Waals surface area (Å²) in [6, 6.07) is 1.96. The van der Waals surface area contributed by atoms with Gasteiger partial charge in [-0.3, -0.25) is 4.79 Å². The molecule has 0 saturated heterocycles. The van der Waals surface area contributed by atoms with Crippen LogP contribution >= 0.6 is 0 Å². The lowest BCUT2D eigenvalue weighted by Crippen LogP contribution is -2.30. The van der Waals surface area contributed by atoms with Crippen LogP contribution in [0.3, 0.4) is 0 Å². The molecule has 0 aliphatic heterocycles. The molecule has 0 bridgehead atoms. The van der Waals surface area contributed by atoms with Gasteiger partial charge in [-0.15, -0.1) is 0 Å². The quantitative estimate of drug-likeness (QED) is 0.735. The highest BCUT2D eigenvalue weighted by atomic mass is 16.1. The fourth-order valence-corrected chi connectivity index (χ4v) is 1.92. The number of aromatic nitrogens is 2. The topological polar surface area (TPSA) is 46.9 Å². The molecule has 1 heterocycles. The summed E-state index contributed by atoms with van der Waals surface area (Å²) in [5.74, 6) is 0.345. The minimum Gasteiger partial charge on any atom is -0.312 e. The predicted molar refractivity (Wildman–Crippen MR) is 79.5 cm³/mol. The van der Waals surface area contributed by atoms with Gasteiger partial charge in [0.25, 0.3) is 5.56 Å². The average molecular weight is 265 g/mol. The molecule has 4 heteroatoms. The van der Waals surface area contributed by atoms with E-state index < -0.39 is 0 Å². The predicted octanol–water partition coefficient (Wildman–Crippen LogP) is 2.67. The van der Waals surface area contributed by atoms with Crippen molar-refractivity contribution in [2.24, 2.45) is 0 Å². The number of unbranched alkanes of at least 4 members (excludes halogenated alkanes) is 1. The van der Waals surface area contributed by atoms with Crippen molar-refractivity contribution < 1.29 is 0 Å². The van der Waals surface area contributed by atoms with Crippen molar-refractivity contribution in [3.63, 3.8) is 0 Å². The van der Waals surface area contributed by atoms with Gasteiger partial charge in [-0.25, -0.2) is 4.68 Å². The zero-order valence-electron chi connectivity index (χ0n) is 12.7. The lowest BCUT2D eigenvalue weighted by atomic mass is 10.1. The monoisotopic (exact) mass is 265 g/mol. The van der Waals surface area contributed by atoms with Crippen LogP contribution in [0.5, 0.6) is 0 Å². The summed E-state index contributed by atoms with van der Waals surface area (Å²) in [6.45, 7) is 10.7. The van der Waals surface area contributed by atoms with Crippen molar-refractivity contribution in [1.82, 2.24) is 15.1 Å². The van der Waals surface area contributed by atoms with Crippen LogP contribution in [0.1, 0.15) is 64.1 Å². The first-order valence-corrected chi connectivity index (χ1v) is 7.41. The van der Waals surface area contributed by atoms with Gasteiger partial charge in [0.05, 0.1) is 5.69 Å². The normalized spacial score (nSPS) is 11.2. The lowest BCUT2D eigenvalue weighted by Gasteiger charge is -2.12. The van der Waals surface area contributed by atoms with E-state index in [0.29, 0.717) is 19.0 Å². The average Bonchev–Trinajstić information content (AvgIpc) is 2.38. The van der Waals surface area contributed by atoms with E-state index in [1.807, 2.05) is 6.07 Å². The van der Waals surface area contributed by atoms with Crippen LogP contribution < -0.4 is 10.9 Å². The molecule has 0 unspecified atom stereocenters. The summed E-state index contributed by atoms with van der Waals surface area (Å²) < 4.78 is 1.62. The fourth-order valence-electron chi connectivity index (χ4n) is 1.92. The highest BCUT2D eigenvalue weighted by molar-refractivity contribution is 5.16. The molecule has 108 valence electrons. The Morgan fingerprint density at radius 3 is 2.63 bits per heavy atom. The van der Waals surface area contributed by atoms with Crippen molar-refractivity contribution in [2.75, 3.05) is 6.54 Å². The maximum atomic E-state index is 12.3. The van der Waals surface area contributed by atoms with Gasteiger partial charge in [0.1, 0.15) is 0 Å². The maximum absolute atomic E-state index is 12.3. The van der Waals surface area contributed by atoms with Crippen molar-refractivity contribution in [1.29, 1.82) is 0 Å². The summed E-state index contributed by atoms with van der Waals surface area (Å²) in [5, 5.41) is 7.78. The molecule has 0 saturated carbocycles. The van der Waals surface area contributed by atoms with Crippen molar-refractivity contribution in [3.8, 4) is 0 Å². The van der Waals surface area contributed by atoms with Gasteiger partial charge >= 0.3 is 0 Å². The molecule has 0 fully saturated rings. The van der Waals surface area contributed by atoms with Crippen LogP contribution in [0.25, 0.3) is 0 Å². The summed E-state index contributed by atoms with van der Waals surface area (Å²) in [4.78, 5) is 12.3. The number of rotatable bonds is 8. The highest BCUT2D eigenvalue weighted by Gasteiger charge is 2.10. The number of nitrogens with one attached hydrogen (secondary N) is 1. The van der Waals surface area contributed by atoms with Gasteiger partial charge in [0, 0.05) is 18.7 Å². The second-order valence-electron chi connectivity index (χ2n) is 5.31. The molecule has 0 aliphatic rings. The molecule has 19 heavy (non-hydrogen) atoms. The number of hydrogen-bond donors (Lipinski definition) is 1. The molecule has 0 aliphatic carbocycles. The second-order valence-corrected chi connectivity index (χ2v) is 5.31. The van der Waals surface area contributed by atoms with Crippen molar-refractivity contribution in [2.45, 2.75) is 66.0 Å². The van der Waals surface area contributed by atoms with E-state index in [4.69, 9.17) is 0 Å². The third kappa shape index (κ3) is 4.78. The van der Waals surface area contributed by atoms with E-state index in [1.54, 1.807) is 4.68 Å². The SMILES string of the molecule is CCCCNCc1cc(C(C)C)nn(CCC)c1=O. The Morgan fingerprint density at radius 2 is 2.05 bits per heavy atom. The second kappa shape index (κ2) is 8.10. The highest BCUT2D eigenvalue weighted by Crippen LogP contribution is 2.10. The first kappa shape index (κ1) is 15.9. The van der Waals surface area contributed by atoms with E-state index in [-0.39, 0.29) is 5.56 Å². The van der Waals surface area contributed by atoms with E-state index >= 15 is 0 Å². The van der Waals surface area contributed by atoms with Gasteiger partial charge in [0.2, 0.25) is 0 Å². The molecule has 1 aromatic heterocycles. The lowest BCUT2D eigenvalue weighted by molar-refractivity contribution is 0.534. The fraction of sp³-hybridized carbons (Fsp3) is 0.733. The summed E-state index contributed by atoms with van der Waals surface area (Å²) >= 11 is 0. The zero-order valence-corrected chi connectivity index (χ0v) is 12.7. The van der Waals surface area contributed by atoms with Gasteiger partial charge in [-0.1, -0.05) is 34.1 Å². The van der Waals surface area contributed by atoms with E-state index in [9.17, 15) is 4.79 Å². The van der Waals surface area contributed by atoms with Crippen molar-refractivity contribution in [3.05, 3.63) is 27.7 Å². The first-order chi connectivity index (χ1) is 9.10. The largest absolute Gasteiger partial charge is 0.312 e. The maximum Gasteiger partial charge on any atom is 0.271 e. The standard InChI is InChI=1S/C15H27N3O/c1-5-7-8-16-11-13-10-14(12(3)4)17-18(9-6-2)15(13)19/h10,12,16H,5-9,11H2,1-4H3. The Morgan fingerprint density at radius 1 is 1.32 bits per heavy atom. The number of aryl methyl sites for hydroxylation is 1. The van der Waals surface area contributed by atoms with Gasteiger partial charge in [-0.05, 0) is 31.4 Å². The summed E-state index contributed by atoms with van der Waals surface area (Å²) in [7, 11) is 0. The van der Waals surface area contributed by atoms with E-state index in [1.165, 1.54) is 6.42 Å². The van der Waals surface area contributed by atoms with Gasteiger partial charge < -0.3 is 5.32 Å². The van der Waals surface area contributed by atoms with Crippen molar-refractivity contribution >= 4 is 0 Å². The Bertz CT molecular complexity index is 438. The minimum atomic E-state index is 0.0512. The molecular formula is C15H27N3O. The molecule has 1 N–H and O–H groups in total. The Balaban J connectivity index is 2.91. The first-order valence-electron chi connectivity index (χ1n) is 7.41. The molecule has 0 amide bonds. The van der Waals surface area contributed by atoms with Gasteiger partial charge in [-0.2, -0.15) is 5.10 Å². The third-order valence-corrected chi connectivity index (χ3v) is 3.12.